The number of halogens is 1. The molecule has 0 saturated carbocycles. The molecule has 0 heterocycles. The molecule has 0 aliphatic carbocycles. The average molecular weight is 276 g/mol. The predicted molar refractivity (Wildman–Crippen MR) is 79.7 cm³/mol. The molecule has 0 spiro atoms. The number of hydrogen-bond acceptors (Lipinski definition) is 2. The number of unbranched alkanes of at least 4 members (excludes halogenated alkanes) is 2. The number of carbonyl (C=O) groups is 1. The first-order valence-electron chi connectivity index (χ1n) is 6.88. The second kappa shape index (κ2) is 9.08. The van der Waals surface area contributed by atoms with Crippen LogP contribution in [0.1, 0.15) is 38.2 Å². The number of rotatable bonds is 7. The van der Waals surface area contributed by atoms with Gasteiger partial charge in [0.05, 0.1) is 7.11 Å². The van der Waals surface area contributed by atoms with E-state index in [-0.39, 0.29) is 11.8 Å². The summed E-state index contributed by atoms with van der Waals surface area (Å²) in [5.74, 6) is -0.620. The zero-order valence-corrected chi connectivity index (χ0v) is 12.1. The molecule has 0 radical (unpaired) electrons. The van der Waals surface area contributed by atoms with Gasteiger partial charge in [0.2, 0.25) is 0 Å². The lowest BCUT2D eigenvalue weighted by Gasteiger charge is -2.03. The number of hydrogen-bond donors (Lipinski definition) is 0. The third-order valence-electron chi connectivity index (χ3n) is 2.93. The second-order valence-corrected chi connectivity index (χ2v) is 4.58. The van der Waals surface area contributed by atoms with Crippen LogP contribution in [0.25, 0.3) is 6.08 Å². The van der Waals surface area contributed by atoms with Gasteiger partial charge in [-0.2, -0.15) is 0 Å². The van der Waals surface area contributed by atoms with Gasteiger partial charge in [-0.3, -0.25) is 0 Å². The summed E-state index contributed by atoms with van der Waals surface area (Å²) in [6.45, 7) is 2.15. The normalized spacial score (nSPS) is 11.8. The molecule has 0 fully saturated rings. The number of allylic oxidation sites excluding steroid dienone is 2. The van der Waals surface area contributed by atoms with E-state index < -0.39 is 0 Å². The van der Waals surface area contributed by atoms with Gasteiger partial charge in [-0.25, -0.2) is 9.18 Å². The first kappa shape index (κ1) is 16.2. The molecule has 3 heteroatoms. The van der Waals surface area contributed by atoms with Crippen LogP contribution in [0.3, 0.4) is 0 Å². The van der Waals surface area contributed by atoms with Crippen molar-refractivity contribution in [3.8, 4) is 0 Å². The van der Waals surface area contributed by atoms with Crippen molar-refractivity contribution in [2.45, 2.75) is 32.6 Å². The molecular formula is C17H21FO2. The topological polar surface area (TPSA) is 26.3 Å². The fraction of sp³-hybridized carbons (Fsp3) is 0.353. The highest BCUT2D eigenvalue weighted by Gasteiger charge is 1.98. The Labute approximate surface area is 120 Å². The van der Waals surface area contributed by atoms with E-state index in [0.717, 1.165) is 36.8 Å². The number of ether oxygens (including phenoxy) is 1. The number of carbonyl (C=O) groups excluding carboxylic acids is 1. The molecule has 0 bridgehead atoms. The largest absolute Gasteiger partial charge is 0.466 e. The first-order chi connectivity index (χ1) is 9.65. The van der Waals surface area contributed by atoms with E-state index in [0.29, 0.717) is 0 Å². The quantitative estimate of drug-likeness (QED) is 0.317. The molecular weight excluding hydrogens is 255 g/mol. The molecule has 0 amide bonds. The summed E-state index contributed by atoms with van der Waals surface area (Å²) < 4.78 is 17.5. The van der Waals surface area contributed by atoms with Crippen LogP contribution in [0, 0.1) is 5.82 Å². The van der Waals surface area contributed by atoms with Gasteiger partial charge in [-0.15, -0.1) is 0 Å². The Balaban J connectivity index is 2.82. The monoisotopic (exact) mass is 276 g/mol. The Morgan fingerprint density at radius 3 is 2.50 bits per heavy atom. The summed E-state index contributed by atoms with van der Waals surface area (Å²) >= 11 is 0. The summed E-state index contributed by atoms with van der Waals surface area (Å²) in [4.78, 5) is 11.2. The SMILES string of the molecule is CCCCCC(C=CC(=O)OC)=Cc1ccc(F)cc1. The van der Waals surface area contributed by atoms with Crippen LogP contribution in [0.4, 0.5) is 4.39 Å². The molecule has 20 heavy (non-hydrogen) atoms. The smallest absolute Gasteiger partial charge is 0.330 e. The lowest BCUT2D eigenvalue weighted by molar-refractivity contribution is -0.134. The van der Waals surface area contributed by atoms with Crippen molar-refractivity contribution in [2.75, 3.05) is 7.11 Å². The molecule has 1 aromatic rings. The van der Waals surface area contributed by atoms with Gasteiger partial charge in [0.25, 0.3) is 0 Å². The van der Waals surface area contributed by atoms with Gasteiger partial charge in [0.15, 0.2) is 0 Å². The van der Waals surface area contributed by atoms with Gasteiger partial charge in [-0.1, -0.05) is 44.1 Å². The molecule has 0 saturated heterocycles. The standard InChI is InChI=1S/C17H21FO2/c1-3-4-5-6-14(9-12-17(19)20-2)13-15-7-10-16(18)11-8-15/h7-13H,3-6H2,1-2H3. The summed E-state index contributed by atoms with van der Waals surface area (Å²) in [5, 5.41) is 0. The van der Waals surface area contributed by atoms with Gasteiger partial charge in [0, 0.05) is 6.08 Å². The molecule has 1 aromatic carbocycles. The molecule has 0 N–H and O–H groups in total. The molecule has 0 atom stereocenters. The highest BCUT2D eigenvalue weighted by Crippen LogP contribution is 2.15. The maximum Gasteiger partial charge on any atom is 0.330 e. The van der Waals surface area contributed by atoms with Crippen molar-refractivity contribution >= 4 is 12.0 Å². The molecule has 108 valence electrons. The summed E-state index contributed by atoms with van der Waals surface area (Å²) in [5.41, 5.74) is 1.96. The Kier molecular flexibility index (Phi) is 7.33. The van der Waals surface area contributed by atoms with Gasteiger partial charge in [-0.05, 0) is 36.1 Å². The highest BCUT2D eigenvalue weighted by molar-refractivity contribution is 5.82. The van der Waals surface area contributed by atoms with Crippen LogP contribution in [0.5, 0.6) is 0 Å². The van der Waals surface area contributed by atoms with E-state index in [2.05, 4.69) is 11.7 Å². The second-order valence-electron chi connectivity index (χ2n) is 4.58. The summed E-state index contributed by atoms with van der Waals surface area (Å²) in [6.07, 6.45) is 9.39. The molecule has 0 aliphatic heterocycles. The maximum atomic E-state index is 12.9. The molecule has 0 aromatic heterocycles. The minimum atomic E-state index is -0.370. The van der Waals surface area contributed by atoms with E-state index in [4.69, 9.17) is 0 Å². The maximum absolute atomic E-state index is 12.9. The average Bonchev–Trinajstić information content (AvgIpc) is 2.46. The van der Waals surface area contributed by atoms with E-state index in [9.17, 15) is 9.18 Å². The first-order valence-corrected chi connectivity index (χ1v) is 6.88. The minimum absolute atomic E-state index is 0.250. The number of esters is 1. The van der Waals surface area contributed by atoms with E-state index >= 15 is 0 Å². The van der Waals surface area contributed by atoms with Crippen molar-refractivity contribution in [1.82, 2.24) is 0 Å². The van der Waals surface area contributed by atoms with Crippen molar-refractivity contribution in [2.24, 2.45) is 0 Å². The molecule has 1 rings (SSSR count). The highest BCUT2D eigenvalue weighted by atomic mass is 19.1. The third-order valence-corrected chi connectivity index (χ3v) is 2.93. The zero-order valence-electron chi connectivity index (χ0n) is 12.1. The van der Waals surface area contributed by atoms with Crippen molar-refractivity contribution in [1.29, 1.82) is 0 Å². The fourth-order valence-corrected chi connectivity index (χ4v) is 1.80. The van der Waals surface area contributed by atoms with Crippen LogP contribution >= 0.6 is 0 Å². The summed E-state index contributed by atoms with van der Waals surface area (Å²) in [6, 6.07) is 6.31. The fourth-order valence-electron chi connectivity index (χ4n) is 1.80. The number of methoxy groups -OCH3 is 1. The lowest BCUT2D eigenvalue weighted by Crippen LogP contribution is -1.94. The van der Waals surface area contributed by atoms with Crippen molar-refractivity contribution in [3.05, 3.63) is 53.4 Å². The molecule has 0 unspecified atom stereocenters. The summed E-state index contributed by atoms with van der Waals surface area (Å²) in [7, 11) is 1.35. The van der Waals surface area contributed by atoms with E-state index in [1.54, 1.807) is 18.2 Å². The Morgan fingerprint density at radius 1 is 1.20 bits per heavy atom. The van der Waals surface area contributed by atoms with Crippen molar-refractivity contribution < 1.29 is 13.9 Å². The van der Waals surface area contributed by atoms with Gasteiger partial charge < -0.3 is 4.74 Å². The number of benzene rings is 1. The van der Waals surface area contributed by atoms with Crippen molar-refractivity contribution in [3.63, 3.8) is 0 Å². The van der Waals surface area contributed by atoms with Crippen LogP contribution in [-0.4, -0.2) is 13.1 Å². The Bertz CT molecular complexity index is 472. The Morgan fingerprint density at radius 2 is 1.90 bits per heavy atom. The molecule has 0 aliphatic rings. The van der Waals surface area contributed by atoms with Gasteiger partial charge >= 0.3 is 5.97 Å². The molecule has 2 nitrogen and oxygen atoms in total. The van der Waals surface area contributed by atoms with Crippen LogP contribution in [-0.2, 0) is 9.53 Å². The van der Waals surface area contributed by atoms with Crippen LogP contribution < -0.4 is 0 Å². The lowest BCUT2D eigenvalue weighted by atomic mass is 10.0. The zero-order chi connectivity index (χ0) is 14.8. The third kappa shape index (κ3) is 6.32. The van der Waals surface area contributed by atoms with E-state index in [1.165, 1.54) is 25.3 Å². The Hall–Kier alpha value is -1.90. The van der Waals surface area contributed by atoms with E-state index in [1.807, 2.05) is 6.08 Å². The minimum Gasteiger partial charge on any atom is -0.466 e. The van der Waals surface area contributed by atoms with Gasteiger partial charge in [0.1, 0.15) is 5.82 Å². The van der Waals surface area contributed by atoms with Crippen LogP contribution in [0.15, 0.2) is 42.0 Å². The predicted octanol–water partition coefficient (Wildman–Crippen LogP) is 4.52. The van der Waals surface area contributed by atoms with Crippen LogP contribution in [0.2, 0.25) is 0 Å².